The Bertz CT molecular complexity index is 705. The summed E-state index contributed by atoms with van der Waals surface area (Å²) in [5.74, 6) is -0.537. The lowest BCUT2D eigenvalue weighted by molar-refractivity contribution is -0.871. The third-order valence-corrected chi connectivity index (χ3v) is 8.56. The molecule has 32 heavy (non-hydrogen) atoms. The first-order chi connectivity index (χ1) is 15.2. The molecular formula is C22H35ClFN3O5. The SMILES string of the molecule is O=C(COC1CCC(Cl)C(F)C1)NC12CCC(NC(=O)C3CCCC[NH+]3[O-])(CC1)CC2O. The fourth-order valence-corrected chi connectivity index (χ4v) is 6.20. The minimum atomic E-state index is -1.12. The molecule has 5 aliphatic rings. The molecule has 2 amide bonds. The largest absolute Gasteiger partial charge is 0.634 e. The summed E-state index contributed by atoms with van der Waals surface area (Å²) in [5, 5.41) is 28.6. The lowest BCUT2D eigenvalue weighted by Crippen LogP contribution is -3.13. The Morgan fingerprint density at radius 2 is 1.91 bits per heavy atom. The Morgan fingerprint density at radius 1 is 1.16 bits per heavy atom. The van der Waals surface area contributed by atoms with Crippen LogP contribution in [-0.2, 0) is 14.3 Å². The maximum atomic E-state index is 13.8. The van der Waals surface area contributed by atoms with Crippen molar-refractivity contribution in [2.24, 2.45) is 0 Å². The van der Waals surface area contributed by atoms with E-state index < -0.39 is 34.8 Å². The normalized spacial score (nSPS) is 44.1. The highest BCUT2D eigenvalue weighted by atomic mass is 35.5. The monoisotopic (exact) mass is 475 g/mol. The predicted molar refractivity (Wildman–Crippen MR) is 116 cm³/mol. The average Bonchev–Trinajstić information content (AvgIpc) is 2.76. The number of halogens is 2. The maximum Gasteiger partial charge on any atom is 0.279 e. The number of ether oxygens (including phenoxy) is 1. The van der Waals surface area contributed by atoms with Crippen LogP contribution in [0.2, 0.25) is 0 Å². The van der Waals surface area contributed by atoms with Gasteiger partial charge >= 0.3 is 0 Å². The highest BCUT2D eigenvalue weighted by molar-refractivity contribution is 6.21. The molecule has 2 bridgehead atoms. The zero-order valence-electron chi connectivity index (χ0n) is 18.4. The van der Waals surface area contributed by atoms with Crippen LogP contribution in [0.1, 0.15) is 70.6 Å². The first-order valence-corrected chi connectivity index (χ1v) is 12.4. The number of amides is 2. The van der Waals surface area contributed by atoms with Crippen molar-refractivity contribution in [1.29, 1.82) is 0 Å². The molecule has 0 spiro atoms. The van der Waals surface area contributed by atoms with Crippen molar-refractivity contribution >= 4 is 23.4 Å². The Balaban J connectivity index is 1.27. The maximum absolute atomic E-state index is 13.8. The molecule has 0 aromatic rings. The van der Waals surface area contributed by atoms with E-state index in [4.69, 9.17) is 16.3 Å². The number of piperidine rings is 1. The van der Waals surface area contributed by atoms with Crippen LogP contribution in [0.15, 0.2) is 0 Å². The van der Waals surface area contributed by atoms with Gasteiger partial charge in [-0.05, 0) is 57.8 Å². The fourth-order valence-electron chi connectivity index (χ4n) is 5.97. The summed E-state index contributed by atoms with van der Waals surface area (Å²) in [4.78, 5) is 25.3. The van der Waals surface area contributed by atoms with Gasteiger partial charge in [0.15, 0.2) is 6.04 Å². The van der Waals surface area contributed by atoms with Crippen LogP contribution >= 0.6 is 11.6 Å². The van der Waals surface area contributed by atoms with Gasteiger partial charge in [0.25, 0.3) is 5.91 Å². The lowest BCUT2D eigenvalue weighted by atomic mass is 9.59. The summed E-state index contributed by atoms with van der Waals surface area (Å²) in [6.07, 6.45) is 4.16. The number of hydrogen-bond donors (Lipinski definition) is 4. The molecule has 5 fully saturated rings. The minimum absolute atomic E-state index is 0.0116. The molecule has 4 aliphatic carbocycles. The predicted octanol–water partition coefficient (Wildman–Crippen LogP) is 0.485. The zero-order chi connectivity index (χ0) is 22.9. The van der Waals surface area contributed by atoms with Crippen molar-refractivity contribution in [1.82, 2.24) is 10.6 Å². The number of nitrogens with one attached hydrogen (secondary N) is 3. The van der Waals surface area contributed by atoms with Crippen LogP contribution in [0.25, 0.3) is 0 Å². The number of aliphatic hydroxyl groups excluding tert-OH is 1. The molecule has 8 nitrogen and oxygen atoms in total. The second-order valence-corrected chi connectivity index (χ2v) is 10.8. The van der Waals surface area contributed by atoms with Gasteiger partial charge < -0.3 is 30.7 Å². The number of carbonyl (C=O) groups is 2. The van der Waals surface area contributed by atoms with E-state index in [1.165, 1.54) is 0 Å². The number of rotatable bonds is 6. The topological polar surface area (TPSA) is 115 Å². The Labute approximate surface area is 193 Å². The summed E-state index contributed by atoms with van der Waals surface area (Å²) in [6.45, 7) is 0.286. The van der Waals surface area contributed by atoms with Gasteiger partial charge in [-0.3, -0.25) is 9.59 Å². The zero-order valence-corrected chi connectivity index (χ0v) is 19.2. The molecule has 4 saturated carbocycles. The van der Waals surface area contributed by atoms with Gasteiger partial charge in [0, 0.05) is 18.4 Å². The van der Waals surface area contributed by atoms with Gasteiger partial charge in [-0.25, -0.2) is 4.39 Å². The van der Waals surface area contributed by atoms with Gasteiger partial charge in [-0.1, -0.05) is 0 Å². The molecule has 0 radical (unpaired) electrons. The van der Waals surface area contributed by atoms with Crippen LogP contribution < -0.4 is 15.7 Å². The fraction of sp³-hybridized carbons (Fsp3) is 0.909. The first-order valence-electron chi connectivity index (χ1n) is 12.0. The molecule has 6 atom stereocenters. The van der Waals surface area contributed by atoms with Crippen molar-refractivity contribution < 1.29 is 28.9 Å². The van der Waals surface area contributed by atoms with E-state index >= 15 is 0 Å². The summed E-state index contributed by atoms with van der Waals surface area (Å²) < 4.78 is 19.4. The van der Waals surface area contributed by atoms with Crippen LogP contribution in [-0.4, -0.2) is 70.9 Å². The van der Waals surface area contributed by atoms with E-state index in [0.29, 0.717) is 57.9 Å². The number of carbonyl (C=O) groups excluding carboxylic acids is 2. The number of fused-ring (bicyclic) bond motifs is 3. The second-order valence-electron chi connectivity index (χ2n) is 10.2. The smallest absolute Gasteiger partial charge is 0.279 e. The molecule has 182 valence electrons. The van der Waals surface area contributed by atoms with E-state index in [1.54, 1.807) is 0 Å². The second kappa shape index (κ2) is 9.70. The van der Waals surface area contributed by atoms with Gasteiger partial charge in [-0.15, -0.1) is 11.6 Å². The van der Waals surface area contributed by atoms with Gasteiger partial charge in [0.1, 0.15) is 12.8 Å². The Kier molecular flexibility index (Phi) is 7.32. The highest BCUT2D eigenvalue weighted by Gasteiger charge is 2.55. The van der Waals surface area contributed by atoms with E-state index in [1.807, 2.05) is 0 Å². The van der Waals surface area contributed by atoms with Crippen molar-refractivity contribution in [3.05, 3.63) is 5.21 Å². The molecule has 0 aromatic heterocycles. The van der Waals surface area contributed by atoms with E-state index in [0.717, 1.165) is 12.8 Å². The third kappa shape index (κ3) is 5.06. The van der Waals surface area contributed by atoms with Crippen molar-refractivity contribution in [2.45, 2.75) is 112 Å². The molecule has 1 heterocycles. The van der Waals surface area contributed by atoms with E-state index in [2.05, 4.69) is 10.6 Å². The van der Waals surface area contributed by atoms with Gasteiger partial charge in [0.05, 0.1) is 29.7 Å². The van der Waals surface area contributed by atoms with Crippen LogP contribution in [0.5, 0.6) is 0 Å². The summed E-state index contributed by atoms with van der Waals surface area (Å²) in [5.41, 5.74) is -1.25. The average molecular weight is 476 g/mol. The van der Waals surface area contributed by atoms with E-state index in [9.17, 15) is 24.3 Å². The first kappa shape index (κ1) is 24.1. The molecule has 0 aromatic carbocycles. The molecule has 4 N–H and O–H groups in total. The van der Waals surface area contributed by atoms with Crippen LogP contribution in [0, 0.1) is 5.21 Å². The standard InChI is InChI=1S/C22H35ClFN3O5/c23-15-5-4-14(11-16(15)24)32-13-19(29)25-22-8-6-21(7-9-22,12-18(22)28)26-20(30)17-3-1-2-10-27(17)31/h14-18,27-28H,1-13H2,(H,25,29)(H,26,30). The molecule has 10 heteroatoms. The number of quaternary nitrogens is 1. The Morgan fingerprint density at radius 3 is 2.56 bits per heavy atom. The quantitative estimate of drug-likeness (QED) is 0.329. The number of aliphatic hydroxyl groups is 1. The van der Waals surface area contributed by atoms with Gasteiger partial charge in [-0.2, -0.15) is 0 Å². The van der Waals surface area contributed by atoms with Gasteiger partial charge in [0.2, 0.25) is 5.91 Å². The number of hydrogen-bond acceptors (Lipinski definition) is 5. The number of alkyl halides is 2. The molecule has 6 unspecified atom stereocenters. The van der Waals surface area contributed by atoms with E-state index in [-0.39, 0.29) is 36.0 Å². The van der Waals surface area contributed by atoms with Crippen LogP contribution in [0.3, 0.4) is 0 Å². The number of hydroxylamine groups is 2. The van der Waals surface area contributed by atoms with Crippen molar-refractivity contribution in [2.75, 3.05) is 13.2 Å². The highest BCUT2D eigenvalue weighted by Crippen LogP contribution is 2.47. The summed E-state index contributed by atoms with van der Waals surface area (Å²) in [6, 6.07) is -0.571. The van der Waals surface area contributed by atoms with Crippen LogP contribution in [0.4, 0.5) is 4.39 Å². The lowest BCUT2D eigenvalue weighted by Gasteiger charge is -2.56. The molecular weight excluding hydrogens is 441 g/mol. The molecule has 1 saturated heterocycles. The summed E-state index contributed by atoms with van der Waals surface area (Å²) in [7, 11) is 0. The summed E-state index contributed by atoms with van der Waals surface area (Å²) >= 11 is 5.89. The third-order valence-electron chi connectivity index (χ3n) is 8.06. The van der Waals surface area contributed by atoms with Crippen molar-refractivity contribution in [3.63, 3.8) is 0 Å². The minimum Gasteiger partial charge on any atom is -0.634 e. The van der Waals surface area contributed by atoms with Crippen molar-refractivity contribution in [3.8, 4) is 0 Å². The molecule has 1 aliphatic heterocycles. The molecule has 5 rings (SSSR count). The Hall–Kier alpha value is -1.00.